The Hall–Kier alpha value is -3.25. The van der Waals surface area contributed by atoms with Gasteiger partial charge in [-0.15, -0.1) is 0 Å². The Labute approximate surface area is 214 Å². The number of esters is 1. The van der Waals surface area contributed by atoms with Gasteiger partial charge in [0.05, 0.1) is 35.9 Å². The maximum Gasteiger partial charge on any atom is 0.416 e. The smallest absolute Gasteiger partial charge is 0.416 e. The number of anilines is 1. The molecule has 0 radical (unpaired) electrons. The van der Waals surface area contributed by atoms with Crippen LogP contribution in [-0.2, 0) is 22.3 Å². The number of rotatable bonds is 9. The van der Waals surface area contributed by atoms with Crippen LogP contribution in [0, 0.1) is 11.3 Å². The molecule has 0 N–H and O–H groups in total. The number of nitriles is 1. The van der Waals surface area contributed by atoms with Crippen molar-refractivity contribution in [3.05, 3.63) is 76.5 Å². The van der Waals surface area contributed by atoms with E-state index in [2.05, 4.69) is 13.0 Å². The molecule has 5 nitrogen and oxygen atoms in total. The molecule has 0 bridgehead atoms. The van der Waals surface area contributed by atoms with Gasteiger partial charge in [0.1, 0.15) is 0 Å². The number of halogens is 3. The number of allylic oxidation sites excluding steroid dienone is 1. The molecule has 0 heterocycles. The quantitative estimate of drug-likeness (QED) is 0.115. The third-order valence-electron chi connectivity index (χ3n) is 5.29. The van der Waals surface area contributed by atoms with E-state index < -0.39 is 17.7 Å². The average Bonchev–Trinajstić information content (AvgIpc) is 2.86. The van der Waals surface area contributed by atoms with Crippen LogP contribution >= 0.6 is 11.8 Å². The SMILES string of the molecule is CCCCSC(=NCc1ccc(C#N)cc1)N(/C(C)=C(\C)C(=O)OCC)c1cccc(C(F)(F)F)c1. The molecule has 9 heteroatoms. The number of amidine groups is 1. The number of hydrogen-bond donors (Lipinski definition) is 0. The molecule has 0 saturated carbocycles. The molecular weight excluding hydrogens is 487 g/mol. The standard InChI is InChI=1S/C27H30F3N3O2S/c1-5-7-15-36-26(32-18-22-13-11-21(17-31)12-14-22)33(20(4)19(3)25(34)35-6-2)24-10-8-9-23(16-24)27(28,29)30/h8-14,16H,5-7,15,18H2,1-4H3/b20-19+,32-26?. The number of ether oxygens (including phenoxy) is 1. The summed E-state index contributed by atoms with van der Waals surface area (Å²) in [5.74, 6) is 0.154. The van der Waals surface area contributed by atoms with Crippen molar-refractivity contribution in [3.63, 3.8) is 0 Å². The average molecular weight is 518 g/mol. The van der Waals surface area contributed by atoms with Gasteiger partial charge in [-0.3, -0.25) is 9.89 Å². The molecule has 0 aliphatic carbocycles. The van der Waals surface area contributed by atoms with Crippen molar-refractivity contribution in [2.45, 2.75) is 53.3 Å². The van der Waals surface area contributed by atoms with Crippen LogP contribution in [0.3, 0.4) is 0 Å². The number of carbonyl (C=O) groups is 1. The molecule has 2 aromatic carbocycles. The number of alkyl halides is 3. The van der Waals surface area contributed by atoms with Gasteiger partial charge in [0, 0.05) is 17.1 Å². The van der Waals surface area contributed by atoms with E-state index in [-0.39, 0.29) is 24.4 Å². The Balaban J connectivity index is 2.64. The lowest BCUT2D eigenvalue weighted by Crippen LogP contribution is -2.30. The van der Waals surface area contributed by atoms with Crippen LogP contribution < -0.4 is 4.90 Å². The maximum absolute atomic E-state index is 13.5. The van der Waals surface area contributed by atoms with Crippen molar-refractivity contribution in [1.29, 1.82) is 5.26 Å². The molecule has 0 fully saturated rings. The molecule has 192 valence electrons. The van der Waals surface area contributed by atoms with Gasteiger partial charge < -0.3 is 4.74 Å². The van der Waals surface area contributed by atoms with Gasteiger partial charge in [0.25, 0.3) is 0 Å². The van der Waals surface area contributed by atoms with Gasteiger partial charge in [-0.25, -0.2) is 4.79 Å². The van der Waals surface area contributed by atoms with Crippen LogP contribution in [0.4, 0.5) is 18.9 Å². The summed E-state index contributed by atoms with van der Waals surface area (Å²) in [5, 5.41) is 9.50. The number of carbonyl (C=O) groups excluding carboxylic acids is 1. The monoisotopic (exact) mass is 517 g/mol. The van der Waals surface area contributed by atoms with Crippen molar-refractivity contribution in [2.24, 2.45) is 4.99 Å². The molecule has 0 amide bonds. The highest BCUT2D eigenvalue weighted by Gasteiger charge is 2.31. The van der Waals surface area contributed by atoms with Crippen LogP contribution in [0.1, 0.15) is 57.2 Å². The summed E-state index contributed by atoms with van der Waals surface area (Å²) in [6.45, 7) is 7.43. The lowest BCUT2D eigenvalue weighted by atomic mass is 10.1. The van der Waals surface area contributed by atoms with Gasteiger partial charge in [0.2, 0.25) is 0 Å². The fourth-order valence-electron chi connectivity index (χ4n) is 3.16. The summed E-state index contributed by atoms with van der Waals surface area (Å²) in [5.41, 5.74) is 1.52. The molecule has 0 atom stereocenters. The molecule has 2 aromatic rings. The Morgan fingerprint density at radius 2 is 1.83 bits per heavy atom. The molecule has 0 spiro atoms. The Bertz CT molecular complexity index is 1140. The number of aliphatic imine (C=N–C) groups is 1. The fraction of sp³-hybridized carbons (Fsp3) is 0.370. The first-order chi connectivity index (χ1) is 17.1. The van der Waals surface area contributed by atoms with Gasteiger partial charge in [-0.2, -0.15) is 18.4 Å². The molecular formula is C27H30F3N3O2S. The van der Waals surface area contributed by atoms with Gasteiger partial charge in [-0.1, -0.05) is 43.3 Å². The summed E-state index contributed by atoms with van der Waals surface area (Å²) in [6, 6.07) is 14.0. The highest BCUT2D eigenvalue weighted by Crippen LogP contribution is 2.34. The summed E-state index contributed by atoms with van der Waals surface area (Å²) in [7, 11) is 0. The minimum absolute atomic E-state index is 0.178. The minimum atomic E-state index is -4.52. The van der Waals surface area contributed by atoms with Crippen LogP contribution in [0.5, 0.6) is 0 Å². The number of hydrogen-bond acceptors (Lipinski definition) is 5. The Kier molecular flexibility index (Phi) is 11.1. The highest BCUT2D eigenvalue weighted by molar-refractivity contribution is 8.14. The summed E-state index contributed by atoms with van der Waals surface area (Å²) in [6.07, 6.45) is -2.70. The van der Waals surface area contributed by atoms with Crippen LogP contribution in [0.25, 0.3) is 0 Å². The first-order valence-corrected chi connectivity index (χ1v) is 12.6. The molecule has 0 aliphatic rings. The summed E-state index contributed by atoms with van der Waals surface area (Å²) >= 11 is 1.42. The minimum Gasteiger partial charge on any atom is -0.463 e. The first-order valence-electron chi connectivity index (χ1n) is 11.6. The molecule has 0 unspecified atom stereocenters. The third kappa shape index (κ3) is 8.16. The van der Waals surface area contributed by atoms with E-state index >= 15 is 0 Å². The maximum atomic E-state index is 13.5. The molecule has 36 heavy (non-hydrogen) atoms. The van der Waals surface area contributed by atoms with E-state index in [9.17, 15) is 18.0 Å². The topological polar surface area (TPSA) is 65.7 Å². The summed E-state index contributed by atoms with van der Waals surface area (Å²) in [4.78, 5) is 18.9. The van der Waals surface area contributed by atoms with E-state index in [0.29, 0.717) is 22.2 Å². The van der Waals surface area contributed by atoms with Gasteiger partial charge >= 0.3 is 12.1 Å². The van der Waals surface area contributed by atoms with Crippen molar-refractivity contribution < 1.29 is 22.7 Å². The van der Waals surface area contributed by atoms with E-state index in [1.165, 1.54) is 17.8 Å². The number of thioether (sulfide) groups is 1. The van der Waals surface area contributed by atoms with Gasteiger partial charge in [-0.05, 0) is 63.1 Å². The fourth-order valence-corrected chi connectivity index (χ4v) is 4.30. The van der Waals surface area contributed by atoms with Crippen molar-refractivity contribution in [1.82, 2.24) is 0 Å². The van der Waals surface area contributed by atoms with E-state index in [1.54, 1.807) is 56.0 Å². The van der Waals surface area contributed by atoms with Crippen molar-refractivity contribution in [3.8, 4) is 6.07 Å². The second-order valence-electron chi connectivity index (χ2n) is 7.92. The zero-order valence-electron chi connectivity index (χ0n) is 20.9. The normalized spacial score (nSPS) is 12.6. The predicted molar refractivity (Wildman–Crippen MR) is 139 cm³/mol. The van der Waals surface area contributed by atoms with Crippen molar-refractivity contribution in [2.75, 3.05) is 17.3 Å². The first kappa shape index (κ1) is 29.0. The Morgan fingerprint density at radius 3 is 2.42 bits per heavy atom. The lowest BCUT2D eigenvalue weighted by Gasteiger charge is -2.28. The molecule has 0 saturated heterocycles. The van der Waals surface area contributed by atoms with Gasteiger partial charge in [0.15, 0.2) is 5.17 Å². The highest BCUT2D eigenvalue weighted by atomic mass is 32.2. The molecule has 0 aliphatic heterocycles. The number of unbranched alkanes of at least 4 members (excludes halogenated alkanes) is 1. The van der Waals surface area contributed by atoms with Crippen LogP contribution in [-0.4, -0.2) is 23.5 Å². The summed E-state index contributed by atoms with van der Waals surface area (Å²) < 4.78 is 45.8. The Morgan fingerprint density at radius 1 is 1.14 bits per heavy atom. The molecule has 0 aromatic heterocycles. The van der Waals surface area contributed by atoms with E-state index in [0.717, 1.165) is 30.5 Å². The van der Waals surface area contributed by atoms with Crippen LogP contribution in [0.2, 0.25) is 0 Å². The van der Waals surface area contributed by atoms with Crippen LogP contribution in [0.15, 0.2) is 64.8 Å². The third-order valence-corrected chi connectivity index (χ3v) is 6.35. The number of nitrogens with zero attached hydrogens (tertiary/aromatic N) is 3. The predicted octanol–water partition coefficient (Wildman–Crippen LogP) is 7.33. The second-order valence-corrected chi connectivity index (χ2v) is 8.99. The zero-order chi connectivity index (χ0) is 26.7. The zero-order valence-corrected chi connectivity index (χ0v) is 21.7. The van der Waals surface area contributed by atoms with E-state index in [1.807, 2.05) is 0 Å². The van der Waals surface area contributed by atoms with Crippen molar-refractivity contribution >= 4 is 28.6 Å². The van der Waals surface area contributed by atoms with E-state index in [4.69, 9.17) is 15.0 Å². The number of benzene rings is 2. The lowest BCUT2D eigenvalue weighted by molar-refractivity contribution is -0.139. The molecule has 2 rings (SSSR count). The second kappa shape index (κ2) is 13.7. The largest absolute Gasteiger partial charge is 0.463 e.